The molecular formula is C22H24N4O3. The zero-order valence-electron chi connectivity index (χ0n) is 16.5. The Kier molecular flexibility index (Phi) is 6.73. The maximum Gasteiger partial charge on any atom is 0.308 e. The minimum Gasteiger partial charge on any atom is -0.463 e. The first-order chi connectivity index (χ1) is 14.0. The summed E-state index contributed by atoms with van der Waals surface area (Å²) in [6.45, 7) is 4.18. The third kappa shape index (κ3) is 6.00. The topological polar surface area (TPSA) is 86.1 Å². The lowest BCUT2D eigenvalue weighted by Gasteiger charge is -2.19. The van der Waals surface area contributed by atoms with Gasteiger partial charge in [0.15, 0.2) is 0 Å². The molecule has 0 radical (unpaired) electrons. The van der Waals surface area contributed by atoms with Crippen LogP contribution in [0.4, 0.5) is 0 Å². The van der Waals surface area contributed by atoms with Crippen molar-refractivity contribution in [1.29, 1.82) is 0 Å². The van der Waals surface area contributed by atoms with Crippen molar-refractivity contribution in [2.24, 2.45) is 0 Å². The first kappa shape index (κ1) is 20.3. The van der Waals surface area contributed by atoms with E-state index in [9.17, 15) is 9.59 Å². The molecule has 0 aliphatic rings. The average Bonchev–Trinajstić information content (AvgIpc) is 3.21. The Bertz CT molecular complexity index is 922. The van der Waals surface area contributed by atoms with Gasteiger partial charge in [-0.05, 0) is 37.1 Å². The number of nitrogens with one attached hydrogen (secondary N) is 1. The summed E-state index contributed by atoms with van der Waals surface area (Å²) in [4.78, 5) is 28.9. The summed E-state index contributed by atoms with van der Waals surface area (Å²) >= 11 is 0. The Morgan fingerprint density at radius 2 is 1.79 bits per heavy atom. The highest BCUT2D eigenvalue weighted by Gasteiger charge is 2.20. The van der Waals surface area contributed by atoms with Crippen LogP contribution < -0.4 is 5.32 Å². The van der Waals surface area contributed by atoms with Gasteiger partial charge in [-0.1, -0.05) is 42.5 Å². The Hall–Kier alpha value is -3.48. The van der Waals surface area contributed by atoms with Crippen molar-refractivity contribution in [2.75, 3.05) is 0 Å². The van der Waals surface area contributed by atoms with Crippen LogP contribution in [0.2, 0.25) is 0 Å². The summed E-state index contributed by atoms with van der Waals surface area (Å²) in [6, 6.07) is 16.2. The fourth-order valence-corrected chi connectivity index (χ4v) is 2.92. The molecule has 7 heteroatoms. The number of benzene rings is 2. The maximum atomic E-state index is 12.8. The highest BCUT2D eigenvalue weighted by Crippen LogP contribution is 2.19. The predicted molar refractivity (Wildman–Crippen MR) is 108 cm³/mol. The van der Waals surface area contributed by atoms with Crippen molar-refractivity contribution in [1.82, 2.24) is 20.1 Å². The van der Waals surface area contributed by atoms with Gasteiger partial charge < -0.3 is 10.1 Å². The van der Waals surface area contributed by atoms with Gasteiger partial charge >= 0.3 is 5.97 Å². The van der Waals surface area contributed by atoms with Gasteiger partial charge in [0.25, 0.3) is 5.91 Å². The summed E-state index contributed by atoms with van der Waals surface area (Å²) in [5.41, 5.74) is 2.38. The molecule has 0 saturated heterocycles. The van der Waals surface area contributed by atoms with Crippen molar-refractivity contribution in [3.8, 4) is 0 Å². The highest BCUT2D eigenvalue weighted by molar-refractivity contribution is 5.94. The monoisotopic (exact) mass is 392 g/mol. The number of rotatable bonds is 8. The number of carbonyl (C=O) groups excluding carboxylic acids is 2. The second kappa shape index (κ2) is 9.64. The SMILES string of the molecule is CC(C)OC(=O)CC(NC(=O)c1ccc(Cn2cncn2)cc1)c1ccccc1. The van der Waals surface area contributed by atoms with Crippen molar-refractivity contribution in [3.63, 3.8) is 0 Å². The molecule has 0 aliphatic heterocycles. The summed E-state index contributed by atoms with van der Waals surface area (Å²) in [5.74, 6) is -0.596. The second-order valence-electron chi connectivity index (χ2n) is 6.97. The molecule has 1 amide bonds. The third-order valence-corrected chi connectivity index (χ3v) is 4.27. The molecule has 0 spiro atoms. The van der Waals surface area contributed by atoms with E-state index in [0.29, 0.717) is 12.1 Å². The number of ether oxygens (including phenoxy) is 1. The molecule has 1 atom stereocenters. The minimum atomic E-state index is -0.468. The lowest BCUT2D eigenvalue weighted by atomic mass is 10.0. The van der Waals surface area contributed by atoms with Crippen LogP contribution in [-0.4, -0.2) is 32.7 Å². The Morgan fingerprint density at radius 3 is 2.41 bits per heavy atom. The normalized spacial score (nSPS) is 11.8. The summed E-state index contributed by atoms with van der Waals surface area (Å²) in [7, 11) is 0. The van der Waals surface area contributed by atoms with E-state index in [1.54, 1.807) is 37.0 Å². The van der Waals surface area contributed by atoms with Gasteiger partial charge in [-0.2, -0.15) is 5.10 Å². The second-order valence-corrected chi connectivity index (χ2v) is 6.97. The molecule has 0 fully saturated rings. The fraction of sp³-hybridized carbons (Fsp3) is 0.273. The molecule has 0 aliphatic carbocycles. The van der Waals surface area contributed by atoms with E-state index >= 15 is 0 Å². The van der Waals surface area contributed by atoms with Gasteiger partial charge in [0, 0.05) is 5.56 Å². The van der Waals surface area contributed by atoms with Gasteiger partial charge in [0.1, 0.15) is 12.7 Å². The number of hydrogen-bond donors (Lipinski definition) is 1. The third-order valence-electron chi connectivity index (χ3n) is 4.27. The molecule has 1 aromatic heterocycles. The Balaban J connectivity index is 1.69. The van der Waals surface area contributed by atoms with Crippen LogP contribution in [0.25, 0.3) is 0 Å². The first-order valence-electron chi connectivity index (χ1n) is 9.48. The number of amides is 1. The maximum absolute atomic E-state index is 12.8. The molecule has 0 bridgehead atoms. The van der Waals surface area contributed by atoms with E-state index in [1.165, 1.54) is 6.33 Å². The van der Waals surface area contributed by atoms with E-state index in [4.69, 9.17) is 4.74 Å². The highest BCUT2D eigenvalue weighted by atomic mass is 16.5. The van der Waals surface area contributed by atoms with Crippen LogP contribution >= 0.6 is 0 Å². The largest absolute Gasteiger partial charge is 0.463 e. The quantitative estimate of drug-likeness (QED) is 0.595. The van der Waals surface area contributed by atoms with Gasteiger partial charge in [0.2, 0.25) is 0 Å². The zero-order chi connectivity index (χ0) is 20.6. The van der Waals surface area contributed by atoms with Crippen LogP contribution in [0.1, 0.15) is 47.8 Å². The molecule has 3 rings (SSSR count). The Morgan fingerprint density at radius 1 is 1.07 bits per heavy atom. The smallest absolute Gasteiger partial charge is 0.308 e. The molecule has 150 valence electrons. The number of aromatic nitrogens is 3. The molecule has 3 aromatic rings. The predicted octanol–water partition coefficient (Wildman–Crippen LogP) is 3.14. The van der Waals surface area contributed by atoms with E-state index < -0.39 is 6.04 Å². The van der Waals surface area contributed by atoms with Crippen LogP contribution in [0, 0.1) is 0 Å². The molecule has 2 aromatic carbocycles. The standard InChI is InChI=1S/C22H24N4O3/c1-16(2)29-21(27)12-20(18-6-4-3-5-7-18)25-22(28)19-10-8-17(9-11-19)13-26-15-23-14-24-26/h3-11,14-16,20H,12-13H2,1-2H3,(H,25,28). The van der Waals surface area contributed by atoms with E-state index in [1.807, 2.05) is 42.5 Å². The van der Waals surface area contributed by atoms with Gasteiger partial charge in [-0.15, -0.1) is 0 Å². The van der Waals surface area contributed by atoms with Gasteiger partial charge in [-0.3, -0.25) is 9.59 Å². The van der Waals surface area contributed by atoms with Crippen molar-refractivity contribution < 1.29 is 14.3 Å². The molecule has 7 nitrogen and oxygen atoms in total. The Labute approximate surface area is 169 Å². The van der Waals surface area contributed by atoms with Crippen LogP contribution in [0.3, 0.4) is 0 Å². The summed E-state index contributed by atoms with van der Waals surface area (Å²) < 4.78 is 6.96. The van der Waals surface area contributed by atoms with Crippen LogP contribution in [0.5, 0.6) is 0 Å². The number of esters is 1. The van der Waals surface area contributed by atoms with E-state index in [-0.39, 0.29) is 24.4 Å². The number of carbonyl (C=O) groups is 2. The lowest BCUT2D eigenvalue weighted by Crippen LogP contribution is -2.31. The molecule has 1 N–H and O–H groups in total. The molecule has 1 heterocycles. The van der Waals surface area contributed by atoms with Crippen LogP contribution in [0.15, 0.2) is 67.3 Å². The fourth-order valence-electron chi connectivity index (χ4n) is 2.92. The van der Waals surface area contributed by atoms with E-state index in [2.05, 4.69) is 15.4 Å². The molecule has 1 unspecified atom stereocenters. The number of nitrogens with zero attached hydrogens (tertiary/aromatic N) is 3. The van der Waals surface area contributed by atoms with Gasteiger partial charge in [-0.25, -0.2) is 9.67 Å². The van der Waals surface area contributed by atoms with E-state index in [0.717, 1.165) is 11.1 Å². The summed E-state index contributed by atoms with van der Waals surface area (Å²) in [5, 5.41) is 7.02. The van der Waals surface area contributed by atoms with Crippen molar-refractivity contribution in [3.05, 3.63) is 83.9 Å². The first-order valence-corrected chi connectivity index (χ1v) is 9.48. The molecule has 0 saturated carbocycles. The zero-order valence-corrected chi connectivity index (χ0v) is 16.5. The average molecular weight is 392 g/mol. The van der Waals surface area contributed by atoms with Gasteiger partial charge in [0.05, 0.1) is 25.1 Å². The number of hydrogen-bond acceptors (Lipinski definition) is 5. The van der Waals surface area contributed by atoms with Crippen LogP contribution in [-0.2, 0) is 16.1 Å². The lowest BCUT2D eigenvalue weighted by molar-refractivity contribution is -0.147. The summed E-state index contributed by atoms with van der Waals surface area (Å²) in [6.07, 6.45) is 2.99. The molecule has 29 heavy (non-hydrogen) atoms. The molecular weight excluding hydrogens is 368 g/mol. The van der Waals surface area contributed by atoms with Crippen molar-refractivity contribution >= 4 is 11.9 Å². The minimum absolute atomic E-state index is 0.0678. The van der Waals surface area contributed by atoms with Crippen molar-refractivity contribution in [2.45, 2.75) is 39.0 Å².